The first-order valence-corrected chi connectivity index (χ1v) is 11.0. The summed E-state index contributed by atoms with van der Waals surface area (Å²) in [7, 11) is -6.97. The Morgan fingerprint density at radius 2 is 1.60 bits per heavy atom. The fourth-order valence-corrected chi connectivity index (χ4v) is 5.28. The molecule has 8 heteroatoms. The zero-order valence-corrected chi connectivity index (χ0v) is 15.2. The SMILES string of the molecule is O=S(=O)(Cc1ccccc1CN1CCOCS1(=O)=O)c1ccccc1. The van der Waals surface area contributed by atoms with Gasteiger partial charge in [0.05, 0.1) is 17.3 Å². The number of rotatable bonds is 5. The summed E-state index contributed by atoms with van der Waals surface area (Å²) in [4.78, 5) is 0.254. The van der Waals surface area contributed by atoms with Crippen molar-refractivity contribution in [2.45, 2.75) is 17.2 Å². The van der Waals surface area contributed by atoms with Crippen LogP contribution in [0.2, 0.25) is 0 Å². The maximum Gasteiger partial charge on any atom is 0.238 e. The Morgan fingerprint density at radius 3 is 2.28 bits per heavy atom. The van der Waals surface area contributed by atoms with E-state index in [2.05, 4.69) is 0 Å². The zero-order valence-electron chi connectivity index (χ0n) is 13.5. The lowest BCUT2D eigenvalue weighted by Crippen LogP contribution is -2.40. The number of nitrogens with zero attached hydrogens (tertiary/aromatic N) is 1. The third-order valence-corrected chi connectivity index (χ3v) is 7.27. The second-order valence-electron chi connectivity index (χ2n) is 5.81. The number of sulfone groups is 1. The zero-order chi connectivity index (χ0) is 17.9. The molecule has 6 nitrogen and oxygen atoms in total. The number of benzene rings is 2. The van der Waals surface area contributed by atoms with E-state index in [9.17, 15) is 16.8 Å². The van der Waals surface area contributed by atoms with Gasteiger partial charge in [-0.1, -0.05) is 42.5 Å². The Kier molecular flexibility index (Phi) is 5.24. The quantitative estimate of drug-likeness (QED) is 0.789. The van der Waals surface area contributed by atoms with Gasteiger partial charge < -0.3 is 4.74 Å². The standard InChI is InChI=1S/C17H19NO5S2/c19-24(20,17-8-2-1-3-9-17)13-16-7-5-4-6-15(16)12-18-10-11-23-14-25(18,21)22/h1-9H,10-14H2. The monoisotopic (exact) mass is 381 g/mol. The summed E-state index contributed by atoms with van der Waals surface area (Å²) in [5.74, 6) is -0.505. The lowest BCUT2D eigenvalue weighted by atomic mass is 10.1. The molecule has 1 saturated heterocycles. The fraction of sp³-hybridized carbons (Fsp3) is 0.294. The van der Waals surface area contributed by atoms with Crippen LogP contribution in [0.4, 0.5) is 0 Å². The largest absolute Gasteiger partial charge is 0.363 e. The highest BCUT2D eigenvalue weighted by Crippen LogP contribution is 2.21. The van der Waals surface area contributed by atoms with Crippen molar-refractivity contribution in [2.75, 3.05) is 19.1 Å². The van der Waals surface area contributed by atoms with Crippen LogP contribution in [-0.4, -0.2) is 40.2 Å². The van der Waals surface area contributed by atoms with Crippen LogP contribution in [0.25, 0.3) is 0 Å². The Hall–Kier alpha value is -1.74. The molecule has 1 aliphatic heterocycles. The highest BCUT2D eigenvalue weighted by Gasteiger charge is 2.27. The summed E-state index contributed by atoms with van der Waals surface area (Å²) in [5, 5.41) is 0. The molecular weight excluding hydrogens is 362 g/mol. The van der Waals surface area contributed by atoms with Gasteiger partial charge in [0, 0.05) is 13.1 Å². The fourth-order valence-electron chi connectivity index (χ4n) is 2.68. The summed E-state index contributed by atoms with van der Waals surface area (Å²) in [6.45, 7) is 0.748. The average Bonchev–Trinajstić information content (AvgIpc) is 2.59. The first-order chi connectivity index (χ1) is 11.9. The Labute approximate surface area is 148 Å². The van der Waals surface area contributed by atoms with Gasteiger partial charge in [0.15, 0.2) is 15.8 Å². The molecule has 0 unspecified atom stereocenters. The van der Waals surface area contributed by atoms with Crippen LogP contribution in [-0.2, 0) is 36.9 Å². The summed E-state index contributed by atoms with van der Waals surface area (Å²) in [6.07, 6.45) is 0. The van der Waals surface area contributed by atoms with Crippen LogP contribution in [0.1, 0.15) is 11.1 Å². The number of sulfonamides is 1. The van der Waals surface area contributed by atoms with Crippen LogP contribution in [0, 0.1) is 0 Å². The van der Waals surface area contributed by atoms with Gasteiger partial charge in [-0.05, 0) is 23.3 Å². The summed E-state index contributed by atoms with van der Waals surface area (Å²) in [5.41, 5.74) is 1.29. The van der Waals surface area contributed by atoms with Gasteiger partial charge in [-0.2, -0.15) is 4.31 Å². The van der Waals surface area contributed by atoms with E-state index in [1.165, 1.54) is 4.31 Å². The van der Waals surface area contributed by atoms with Crippen molar-refractivity contribution >= 4 is 19.9 Å². The van der Waals surface area contributed by atoms with Crippen LogP contribution < -0.4 is 0 Å². The molecule has 0 saturated carbocycles. The predicted octanol–water partition coefficient (Wildman–Crippen LogP) is 1.78. The molecule has 25 heavy (non-hydrogen) atoms. The van der Waals surface area contributed by atoms with Gasteiger partial charge in [0.2, 0.25) is 10.0 Å². The van der Waals surface area contributed by atoms with Crippen molar-refractivity contribution in [1.29, 1.82) is 0 Å². The van der Waals surface area contributed by atoms with Gasteiger partial charge in [-0.15, -0.1) is 0 Å². The van der Waals surface area contributed by atoms with E-state index in [0.717, 1.165) is 0 Å². The second-order valence-corrected chi connectivity index (χ2v) is 9.72. The Morgan fingerprint density at radius 1 is 0.960 bits per heavy atom. The molecule has 1 fully saturated rings. The summed E-state index contributed by atoms with van der Waals surface area (Å²) < 4.78 is 55.8. The Balaban J connectivity index is 1.87. The van der Waals surface area contributed by atoms with Crippen molar-refractivity contribution in [1.82, 2.24) is 4.31 Å². The third-order valence-electron chi connectivity index (χ3n) is 4.02. The molecular formula is C17H19NO5S2. The molecule has 0 aliphatic carbocycles. The molecule has 0 aromatic heterocycles. The minimum Gasteiger partial charge on any atom is -0.363 e. The van der Waals surface area contributed by atoms with E-state index in [1.807, 2.05) is 0 Å². The number of ether oxygens (including phenoxy) is 1. The molecule has 0 amide bonds. The van der Waals surface area contributed by atoms with Gasteiger partial charge in [0.25, 0.3) is 0 Å². The third kappa shape index (κ3) is 4.27. The molecule has 0 atom stereocenters. The van der Waals surface area contributed by atoms with Gasteiger partial charge in [-0.25, -0.2) is 16.8 Å². The highest BCUT2D eigenvalue weighted by molar-refractivity contribution is 7.90. The van der Waals surface area contributed by atoms with E-state index >= 15 is 0 Å². The second kappa shape index (κ2) is 7.25. The molecule has 2 aromatic rings. The highest BCUT2D eigenvalue weighted by atomic mass is 32.2. The van der Waals surface area contributed by atoms with Crippen LogP contribution in [0.3, 0.4) is 0 Å². The van der Waals surface area contributed by atoms with Crippen molar-refractivity contribution in [3.8, 4) is 0 Å². The van der Waals surface area contributed by atoms with E-state index in [4.69, 9.17) is 4.74 Å². The maximum atomic E-state index is 12.6. The van der Waals surface area contributed by atoms with Gasteiger partial charge in [-0.3, -0.25) is 0 Å². The molecule has 0 N–H and O–H groups in total. The lowest BCUT2D eigenvalue weighted by molar-refractivity contribution is 0.130. The molecule has 1 heterocycles. The van der Waals surface area contributed by atoms with Crippen molar-refractivity contribution < 1.29 is 21.6 Å². The van der Waals surface area contributed by atoms with Crippen LogP contribution >= 0.6 is 0 Å². The first kappa shape index (κ1) is 18.1. The summed E-state index contributed by atoms with van der Waals surface area (Å²) >= 11 is 0. The normalized spacial score (nSPS) is 18.1. The van der Waals surface area contributed by atoms with E-state index in [1.54, 1.807) is 54.6 Å². The van der Waals surface area contributed by atoms with Crippen molar-refractivity contribution in [3.63, 3.8) is 0 Å². The van der Waals surface area contributed by atoms with Gasteiger partial charge >= 0.3 is 0 Å². The minimum atomic E-state index is -3.50. The molecule has 0 radical (unpaired) electrons. The van der Waals surface area contributed by atoms with E-state index in [-0.39, 0.29) is 29.7 Å². The Bertz CT molecular complexity index is 940. The lowest BCUT2D eigenvalue weighted by Gasteiger charge is -2.27. The van der Waals surface area contributed by atoms with Crippen molar-refractivity contribution in [3.05, 3.63) is 65.7 Å². The average molecular weight is 381 g/mol. The van der Waals surface area contributed by atoms with Crippen molar-refractivity contribution in [2.24, 2.45) is 0 Å². The first-order valence-electron chi connectivity index (χ1n) is 7.79. The molecule has 0 spiro atoms. The molecule has 3 rings (SSSR count). The summed E-state index contributed by atoms with van der Waals surface area (Å²) in [6, 6.07) is 15.3. The van der Waals surface area contributed by atoms with Gasteiger partial charge in [0.1, 0.15) is 0 Å². The predicted molar refractivity (Wildman–Crippen MR) is 93.9 cm³/mol. The number of hydrogen-bond donors (Lipinski definition) is 0. The maximum absolute atomic E-state index is 12.6. The topological polar surface area (TPSA) is 80.8 Å². The van der Waals surface area contributed by atoms with E-state index in [0.29, 0.717) is 17.7 Å². The molecule has 134 valence electrons. The molecule has 2 aromatic carbocycles. The van der Waals surface area contributed by atoms with Crippen LogP contribution in [0.15, 0.2) is 59.5 Å². The molecule has 0 bridgehead atoms. The number of hydrogen-bond acceptors (Lipinski definition) is 5. The van der Waals surface area contributed by atoms with Crippen LogP contribution in [0.5, 0.6) is 0 Å². The molecule has 1 aliphatic rings. The minimum absolute atomic E-state index is 0.145. The smallest absolute Gasteiger partial charge is 0.238 e. The van der Waals surface area contributed by atoms with E-state index < -0.39 is 19.9 Å².